The van der Waals surface area contributed by atoms with Crippen LogP contribution in [0.2, 0.25) is 0 Å². The molecule has 3 aliphatic carbocycles. The number of nitrogens with one attached hydrogen (secondary N) is 2. The minimum Gasteiger partial charge on any atom is -0.455 e. The minimum absolute atomic E-state index is 0.0133. The maximum Gasteiger partial charge on any atom is 0.350 e. The van der Waals surface area contributed by atoms with Crippen LogP contribution in [-0.2, 0) is 66.8 Å². The predicted octanol–water partition coefficient (Wildman–Crippen LogP) is 4.51. The fourth-order valence-corrected chi connectivity index (χ4v) is 11.6. The zero-order valence-corrected chi connectivity index (χ0v) is 44.6. The summed E-state index contributed by atoms with van der Waals surface area (Å²) in [5.74, 6) is -9.57. The van der Waals surface area contributed by atoms with E-state index in [0.29, 0.717) is 0 Å². The average Bonchev–Trinajstić information content (AvgIpc) is 3.33. The molecule has 1 unspecified atom stereocenters. The van der Waals surface area contributed by atoms with Crippen LogP contribution in [0.25, 0.3) is 0 Å². The second-order valence-corrected chi connectivity index (χ2v) is 21.2. The van der Waals surface area contributed by atoms with Crippen molar-refractivity contribution in [2.75, 3.05) is 13.2 Å². The highest BCUT2D eigenvalue weighted by Crippen LogP contribution is 2.64. The minimum atomic E-state index is -2.52. The summed E-state index contributed by atoms with van der Waals surface area (Å²) in [7, 11) is 0. The first-order valence-electron chi connectivity index (χ1n) is 25.8. The number of hydrogen-bond donors (Lipinski definition) is 4. The van der Waals surface area contributed by atoms with Gasteiger partial charge in [0.05, 0.1) is 36.0 Å². The highest BCUT2D eigenvalue weighted by Gasteiger charge is 2.78. The molecule has 0 radical (unpaired) electrons. The number of aliphatic hydroxyl groups is 2. The van der Waals surface area contributed by atoms with Crippen LogP contribution in [-0.4, -0.2) is 130 Å². The highest BCUT2D eigenvalue weighted by atomic mass is 16.6. The number of hydrogen-bond acceptors (Lipinski definition) is 18. The van der Waals surface area contributed by atoms with E-state index in [0.717, 1.165) is 13.8 Å². The largest absolute Gasteiger partial charge is 0.455 e. The molecular formula is C58H66N2O18. The van der Waals surface area contributed by atoms with E-state index in [2.05, 4.69) is 10.6 Å². The van der Waals surface area contributed by atoms with Gasteiger partial charge in [-0.1, -0.05) is 80.6 Å². The number of amides is 2. The molecule has 2 bridgehead atoms. The molecule has 1 aliphatic heterocycles. The molecule has 2 amide bonds. The Morgan fingerprint density at radius 3 is 1.94 bits per heavy atom. The highest BCUT2D eigenvalue weighted by molar-refractivity contribution is 5.97. The normalized spacial score (nSPS) is 27.5. The van der Waals surface area contributed by atoms with Gasteiger partial charge in [0.15, 0.2) is 17.5 Å². The molecular weight excluding hydrogens is 1010 g/mol. The Kier molecular flexibility index (Phi) is 17.7. The van der Waals surface area contributed by atoms with Crippen molar-refractivity contribution in [2.24, 2.45) is 16.7 Å². The molecule has 78 heavy (non-hydrogen) atoms. The van der Waals surface area contributed by atoms with E-state index in [1.54, 1.807) is 66.7 Å². The Morgan fingerprint density at radius 2 is 1.36 bits per heavy atom. The molecule has 416 valence electrons. The molecule has 3 aromatic carbocycles. The molecule has 1 heterocycles. The lowest BCUT2D eigenvalue weighted by Crippen LogP contribution is -2.82. The molecule has 3 fully saturated rings. The second kappa shape index (κ2) is 23.7. The van der Waals surface area contributed by atoms with Crippen molar-refractivity contribution in [3.8, 4) is 0 Å². The van der Waals surface area contributed by atoms with E-state index >= 15 is 9.59 Å². The zero-order valence-electron chi connectivity index (χ0n) is 44.6. The van der Waals surface area contributed by atoms with Crippen molar-refractivity contribution in [2.45, 2.75) is 147 Å². The summed E-state index contributed by atoms with van der Waals surface area (Å²) in [5.41, 5.74) is -7.90. The quantitative estimate of drug-likeness (QED) is 0.0687. The Bertz CT molecular complexity index is 2850. The molecule has 7 rings (SSSR count). The molecule has 0 aromatic heterocycles. The molecule has 3 aromatic rings. The molecule has 11 atom stereocenters. The lowest BCUT2D eigenvalue weighted by atomic mass is 9.44. The van der Waals surface area contributed by atoms with Gasteiger partial charge < -0.3 is 49.3 Å². The maximum absolute atomic E-state index is 15.8. The van der Waals surface area contributed by atoms with Gasteiger partial charge in [0.2, 0.25) is 12.0 Å². The van der Waals surface area contributed by atoms with Gasteiger partial charge in [0, 0.05) is 69.9 Å². The topological polar surface area (TPSA) is 291 Å². The number of carbonyl (C=O) groups is 10. The van der Waals surface area contributed by atoms with Gasteiger partial charge in [-0.2, -0.15) is 0 Å². The number of aliphatic hydroxyl groups excluding tert-OH is 1. The van der Waals surface area contributed by atoms with Crippen molar-refractivity contribution >= 4 is 59.0 Å². The summed E-state index contributed by atoms with van der Waals surface area (Å²) in [6.07, 6.45) is -12.6. The van der Waals surface area contributed by atoms with Crippen molar-refractivity contribution in [1.29, 1.82) is 0 Å². The number of benzene rings is 3. The number of esters is 5. The van der Waals surface area contributed by atoms with Crippen LogP contribution in [0.1, 0.15) is 126 Å². The third-order valence-corrected chi connectivity index (χ3v) is 15.8. The average molecular weight is 1080 g/mol. The molecule has 4 N–H and O–H groups in total. The van der Waals surface area contributed by atoms with Crippen LogP contribution >= 0.6 is 0 Å². The number of ether oxygens (including phenoxy) is 6. The van der Waals surface area contributed by atoms with E-state index in [1.807, 2.05) is 0 Å². The Labute approximate surface area is 450 Å². The van der Waals surface area contributed by atoms with E-state index in [1.165, 1.54) is 58.9 Å². The fourth-order valence-electron chi connectivity index (χ4n) is 11.6. The van der Waals surface area contributed by atoms with Gasteiger partial charge in [-0.3, -0.25) is 38.4 Å². The van der Waals surface area contributed by atoms with Crippen LogP contribution in [0.3, 0.4) is 0 Å². The van der Waals surface area contributed by atoms with Gasteiger partial charge in [-0.25, -0.2) is 9.59 Å². The Balaban J connectivity index is 1.34. The Morgan fingerprint density at radius 1 is 0.756 bits per heavy atom. The summed E-state index contributed by atoms with van der Waals surface area (Å²) in [5, 5.41) is 31.6. The SMILES string of the molecule is CC(=O)CCNC(=O)CCC(=O)CCC(=O)O[C@@H](C(=O)O[C@H]1C[C@@]2(O)[C@@H](OC(=O)c3ccccc3)[C@@H]3[C@]4(OC(C)=O)CO[C@@H]4C[C@H](O)[C@@]3(C)C(=O)[C@H](OC(C)=O)C(=C1C)C2(C)C)C(NC(=O)c1ccccc1)c1ccccc1. The summed E-state index contributed by atoms with van der Waals surface area (Å²) in [6.45, 7) is 9.13. The number of carbonyl (C=O) groups excluding carboxylic acids is 10. The predicted molar refractivity (Wildman–Crippen MR) is 273 cm³/mol. The molecule has 1 saturated heterocycles. The summed E-state index contributed by atoms with van der Waals surface area (Å²) in [4.78, 5) is 137. The van der Waals surface area contributed by atoms with Crippen LogP contribution in [0.15, 0.2) is 102 Å². The van der Waals surface area contributed by atoms with Crippen molar-refractivity contribution in [3.63, 3.8) is 0 Å². The van der Waals surface area contributed by atoms with Gasteiger partial charge >= 0.3 is 29.8 Å². The molecule has 20 nitrogen and oxygen atoms in total. The number of ketones is 3. The molecule has 4 aliphatic rings. The van der Waals surface area contributed by atoms with Crippen LogP contribution in [0, 0.1) is 16.7 Å². The van der Waals surface area contributed by atoms with Gasteiger partial charge in [0.1, 0.15) is 41.5 Å². The molecule has 0 spiro atoms. The lowest BCUT2D eigenvalue weighted by Gasteiger charge is -2.67. The van der Waals surface area contributed by atoms with Crippen LogP contribution < -0.4 is 10.6 Å². The third kappa shape index (κ3) is 11.7. The summed E-state index contributed by atoms with van der Waals surface area (Å²) < 4.78 is 36.7. The summed E-state index contributed by atoms with van der Waals surface area (Å²) >= 11 is 0. The van der Waals surface area contributed by atoms with Crippen molar-refractivity contribution in [3.05, 3.63) is 119 Å². The van der Waals surface area contributed by atoms with E-state index < -0.39 is 143 Å². The second-order valence-electron chi connectivity index (χ2n) is 21.2. The molecule has 2 saturated carbocycles. The van der Waals surface area contributed by atoms with Crippen molar-refractivity contribution in [1.82, 2.24) is 10.6 Å². The number of Topliss-reactive ketones (excluding diaryl/α,β-unsaturated/α-hetero) is 3. The van der Waals surface area contributed by atoms with Gasteiger partial charge in [-0.05, 0) is 61.7 Å². The van der Waals surface area contributed by atoms with Gasteiger partial charge in [0.25, 0.3) is 5.91 Å². The van der Waals surface area contributed by atoms with Crippen LogP contribution in [0.5, 0.6) is 0 Å². The third-order valence-electron chi connectivity index (χ3n) is 15.8. The van der Waals surface area contributed by atoms with Gasteiger partial charge in [-0.15, -0.1) is 0 Å². The Hall–Kier alpha value is -7.42. The summed E-state index contributed by atoms with van der Waals surface area (Å²) in [6, 6.07) is 22.1. The smallest absolute Gasteiger partial charge is 0.350 e. The number of fused-ring (bicyclic) bond motifs is 5. The first-order valence-corrected chi connectivity index (χ1v) is 25.8. The molecule has 20 heteroatoms. The maximum atomic E-state index is 15.8. The lowest BCUT2D eigenvalue weighted by molar-refractivity contribution is -0.346. The fraction of sp³-hybridized carbons (Fsp3) is 0.483. The standard InChI is InChI=1S/C58H66N2O18/c1-32(61)27-28-59-43(66)25-23-39(64)24-26-44(67)76-48(46(36-17-11-8-12-18-36)60-52(69)37-19-13-9-14-20-37)54(71)75-40-30-58(72)51(77-53(70)38-21-15-10-16-22-38)49-56(7,41(65)29-42-57(49,31-73-42)78-35(4)63)50(68)47(74-34(3)62)45(33(40)2)55(58,5)6/h8-22,40-42,46-49,51,65,72H,23-31H2,1-7H3,(H,59,66)(H,60,69)/t40-,41-,42+,46?,47+,48+,49-,51-,56+,57-,58+/m0/s1. The van der Waals surface area contributed by atoms with Crippen molar-refractivity contribution < 1.29 is 86.6 Å². The monoisotopic (exact) mass is 1080 g/mol. The van der Waals surface area contributed by atoms with E-state index in [-0.39, 0.29) is 72.5 Å². The first kappa shape index (κ1) is 58.3. The zero-order chi connectivity index (χ0) is 56.9. The number of rotatable bonds is 20. The van der Waals surface area contributed by atoms with E-state index in [9.17, 15) is 48.6 Å². The van der Waals surface area contributed by atoms with E-state index in [4.69, 9.17) is 28.4 Å². The van der Waals surface area contributed by atoms with Crippen LogP contribution in [0.4, 0.5) is 0 Å². The first-order chi connectivity index (χ1) is 36.8.